The molecule has 0 aromatic rings. The Balaban J connectivity index is 2.09. The first-order chi connectivity index (χ1) is 6.33. The molecule has 1 fully saturated rings. The predicted molar refractivity (Wildman–Crippen MR) is 55.5 cm³/mol. The Hall–Kier alpha value is -0.340. The van der Waals surface area contributed by atoms with Crippen molar-refractivity contribution in [2.75, 3.05) is 6.73 Å². The summed E-state index contributed by atoms with van der Waals surface area (Å²) >= 11 is 0. The maximum Gasteiger partial charge on any atom is 0.0938 e. The van der Waals surface area contributed by atoms with Crippen molar-refractivity contribution < 1.29 is 5.11 Å². The normalized spacial score (nSPS) is 19.5. The number of aliphatic hydroxyl groups excluding tert-OH is 1. The fourth-order valence-corrected chi connectivity index (χ4v) is 1.52. The van der Waals surface area contributed by atoms with Crippen LogP contribution in [0.15, 0.2) is 12.2 Å². The fraction of sp³-hybridized carbons (Fsp3) is 0.818. The second-order valence-corrected chi connectivity index (χ2v) is 3.89. The number of allylic oxidation sites excluding steroid dienone is 1. The Labute approximate surface area is 81.0 Å². The molecule has 0 amide bonds. The summed E-state index contributed by atoms with van der Waals surface area (Å²) in [4.78, 5) is 0. The summed E-state index contributed by atoms with van der Waals surface area (Å²) in [6, 6.07) is 0. The van der Waals surface area contributed by atoms with Gasteiger partial charge in [-0.1, -0.05) is 31.9 Å². The van der Waals surface area contributed by atoms with Crippen molar-refractivity contribution in [1.29, 1.82) is 0 Å². The van der Waals surface area contributed by atoms with E-state index in [1.165, 1.54) is 38.5 Å². The van der Waals surface area contributed by atoms with E-state index in [9.17, 15) is 0 Å². The van der Waals surface area contributed by atoms with Gasteiger partial charge in [-0.25, -0.2) is 0 Å². The summed E-state index contributed by atoms with van der Waals surface area (Å²) in [5.74, 6) is 0. The molecule has 2 N–H and O–H groups in total. The molecule has 1 aliphatic rings. The van der Waals surface area contributed by atoms with Crippen LogP contribution in [0.1, 0.15) is 45.4 Å². The SMILES string of the molecule is CCCCC/C=C/C1(NCO)CC1. The van der Waals surface area contributed by atoms with Gasteiger partial charge in [-0.05, 0) is 25.7 Å². The summed E-state index contributed by atoms with van der Waals surface area (Å²) in [6.45, 7) is 2.32. The van der Waals surface area contributed by atoms with Gasteiger partial charge in [0.25, 0.3) is 0 Å². The van der Waals surface area contributed by atoms with Crippen LogP contribution < -0.4 is 5.32 Å². The fourth-order valence-electron chi connectivity index (χ4n) is 1.52. The van der Waals surface area contributed by atoms with E-state index in [1.807, 2.05) is 0 Å². The average molecular weight is 183 g/mol. The highest BCUT2D eigenvalue weighted by atomic mass is 16.3. The number of hydrogen-bond acceptors (Lipinski definition) is 2. The molecule has 0 saturated heterocycles. The number of rotatable bonds is 7. The van der Waals surface area contributed by atoms with Crippen LogP contribution in [0.4, 0.5) is 0 Å². The molecule has 76 valence electrons. The lowest BCUT2D eigenvalue weighted by atomic mass is 10.1. The molecular weight excluding hydrogens is 162 g/mol. The summed E-state index contributed by atoms with van der Waals surface area (Å²) in [5.41, 5.74) is 0.168. The van der Waals surface area contributed by atoms with Crippen LogP contribution in [-0.4, -0.2) is 17.4 Å². The Morgan fingerprint density at radius 2 is 2.15 bits per heavy atom. The Bertz CT molecular complexity index is 161. The minimum atomic E-state index is 0.0965. The monoisotopic (exact) mass is 183 g/mol. The molecule has 0 atom stereocenters. The number of unbranched alkanes of at least 4 members (excludes halogenated alkanes) is 3. The highest BCUT2D eigenvalue weighted by molar-refractivity contribution is 5.16. The second-order valence-electron chi connectivity index (χ2n) is 3.89. The molecule has 1 rings (SSSR count). The van der Waals surface area contributed by atoms with Crippen molar-refractivity contribution in [1.82, 2.24) is 5.32 Å². The third-order valence-electron chi connectivity index (χ3n) is 2.63. The van der Waals surface area contributed by atoms with Crippen molar-refractivity contribution in [3.63, 3.8) is 0 Å². The predicted octanol–water partition coefficient (Wildman–Crippen LogP) is 2.19. The molecule has 0 aromatic heterocycles. The van der Waals surface area contributed by atoms with Gasteiger partial charge in [0, 0.05) is 5.54 Å². The van der Waals surface area contributed by atoms with E-state index < -0.39 is 0 Å². The molecule has 0 bridgehead atoms. The lowest BCUT2D eigenvalue weighted by molar-refractivity contribution is 0.246. The quantitative estimate of drug-likeness (QED) is 0.360. The van der Waals surface area contributed by atoms with Gasteiger partial charge in [0.1, 0.15) is 0 Å². The maximum absolute atomic E-state index is 8.74. The van der Waals surface area contributed by atoms with E-state index in [1.54, 1.807) is 0 Å². The van der Waals surface area contributed by atoms with Gasteiger partial charge in [-0.3, -0.25) is 5.32 Å². The maximum atomic E-state index is 8.74. The van der Waals surface area contributed by atoms with Crippen molar-refractivity contribution in [3.05, 3.63) is 12.2 Å². The molecular formula is C11H21NO. The third-order valence-corrected chi connectivity index (χ3v) is 2.63. The summed E-state index contributed by atoms with van der Waals surface area (Å²) in [5, 5.41) is 11.8. The number of nitrogens with one attached hydrogen (secondary N) is 1. The molecule has 0 aromatic carbocycles. The van der Waals surface area contributed by atoms with Gasteiger partial charge in [-0.2, -0.15) is 0 Å². The van der Waals surface area contributed by atoms with Crippen LogP contribution in [0.25, 0.3) is 0 Å². The zero-order chi connectivity index (χ0) is 9.57. The van der Waals surface area contributed by atoms with E-state index in [0.29, 0.717) is 0 Å². The van der Waals surface area contributed by atoms with Crippen LogP contribution in [-0.2, 0) is 0 Å². The molecule has 13 heavy (non-hydrogen) atoms. The molecule has 2 heteroatoms. The minimum absolute atomic E-state index is 0.0965. The first-order valence-corrected chi connectivity index (χ1v) is 5.36. The Morgan fingerprint density at radius 1 is 1.38 bits per heavy atom. The summed E-state index contributed by atoms with van der Waals surface area (Å²) < 4.78 is 0. The Kier molecular flexibility index (Phi) is 4.46. The van der Waals surface area contributed by atoms with Crippen molar-refractivity contribution in [2.24, 2.45) is 0 Å². The van der Waals surface area contributed by atoms with E-state index in [0.717, 1.165) is 0 Å². The zero-order valence-electron chi connectivity index (χ0n) is 8.55. The van der Waals surface area contributed by atoms with Crippen LogP contribution in [0, 0.1) is 0 Å². The highest BCUT2D eigenvalue weighted by Crippen LogP contribution is 2.36. The molecule has 1 aliphatic carbocycles. The molecule has 0 aliphatic heterocycles. The number of hydrogen-bond donors (Lipinski definition) is 2. The van der Waals surface area contributed by atoms with E-state index in [-0.39, 0.29) is 12.3 Å². The lowest BCUT2D eigenvalue weighted by Crippen LogP contribution is -2.29. The smallest absolute Gasteiger partial charge is 0.0938 e. The first kappa shape index (κ1) is 10.7. The molecule has 0 heterocycles. The Morgan fingerprint density at radius 3 is 2.69 bits per heavy atom. The van der Waals surface area contributed by atoms with Crippen LogP contribution in [0.3, 0.4) is 0 Å². The molecule has 2 nitrogen and oxygen atoms in total. The second kappa shape index (κ2) is 5.40. The number of aliphatic hydroxyl groups is 1. The van der Waals surface area contributed by atoms with Crippen molar-refractivity contribution in [2.45, 2.75) is 51.0 Å². The standard InChI is InChI=1S/C11H21NO/c1-2-3-4-5-6-7-11(8-9-11)12-10-13/h6-7,12-13H,2-5,8-10H2,1H3/b7-6+. The van der Waals surface area contributed by atoms with Crippen LogP contribution >= 0.6 is 0 Å². The van der Waals surface area contributed by atoms with Gasteiger partial charge in [0.2, 0.25) is 0 Å². The van der Waals surface area contributed by atoms with Gasteiger partial charge >= 0.3 is 0 Å². The van der Waals surface area contributed by atoms with E-state index in [2.05, 4.69) is 24.4 Å². The highest BCUT2D eigenvalue weighted by Gasteiger charge is 2.38. The zero-order valence-corrected chi connectivity index (χ0v) is 8.55. The van der Waals surface area contributed by atoms with Gasteiger partial charge in [-0.15, -0.1) is 0 Å². The van der Waals surface area contributed by atoms with Gasteiger partial charge < -0.3 is 5.11 Å². The van der Waals surface area contributed by atoms with Gasteiger partial charge in [0.15, 0.2) is 0 Å². The summed E-state index contributed by atoms with van der Waals surface area (Å²) in [6.07, 6.45) is 11.9. The first-order valence-electron chi connectivity index (χ1n) is 5.36. The van der Waals surface area contributed by atoms with Crippen molar-refractivity contribution >= 4 is 0 Å². The molecule has 0 spiro atoms. The average Bonchev–Trinajstić information content (AvgIpc) is 2.86. The van der Waals surface area contributed by atoms with E-state index >= 15 is 0 Å². The van der Waals surface area contributed by atoms with E-state index in [4.69, 9.17) is 5.11 Å². The van der Waals surface area contributed by atoms with Crippen LogP contribution in [0.5, 0.6) is 0 Å². The topological polar surface area (TPSA) is 32.3 Å². The molecule has 0 radical (unpaired) electrons. The van der Waals surface area contributed by atoms with Crippen LogP contribution in [0.2, 0.25) is 0 Å². The molecule has 1 saturated carbocycles. The van der Waals surface area contributed by atoms with Crippen molar-refractivity contribution in [3.8, 4) is 0 Å². The lowest BCUT2D eigenvalue weighted by Gasteiger charge is -2.09. The van der Waals surface area contributed by atoms with Gasteiger partial charge in [0.05, 0.1) is 6.73 Å². The summed E-state index contributed by atoms with van der Waals surface area (Å²) in [7, 11) is 0. The largest absolute Gasteiger partial charge is 0.381 e. The molecule has 0 unspecified atom stereocenters. The minimum Gasteiger partial charge on any atom is -0.381 e. The third kappa shape index (κ3) is 3.92.